The molecule has 0 aromatic carbocycles. The van der Waals surface area contributed by atoms with E-state index in [0.717, 1.165) is 4.57 Å². The molecule has 0 bridgehead atoms. The van der Waals surface area contributed by atoms with Crippen molar-refractivity contribution >= 4 is 16.9 Å². The molecule has 0 spiro atoms. The van der Waals surface area contributed by atoms with Crippen LogP contribution in [0.4, 0.5) is 0 Å². The van der Waals surface area contributed by atoms with Gasteiger partial charge in [-0.15, -0.1) is 0 Å². The van der Waals surface area contributed by atoms with Gasteiger partial charge in [-0.05, 0) is 6.92 Å². The standard InChI is InChI=1S/C13H14N4O5/c1-5-7(18)8-9(22-8)12(21-5)17-4-14-10-6(17)11(19)16(3)13(20)15(10)2/h4-5,8-9,12H,1-3H3/t5-,8?,9?,12-/m0/s1. The highest BCUT2D eigenvalue weighted by Crippen LogP contribution is 2.41. The van der Waals surface area contributed by atoms with E-state index >= 15 is 0 Å². The van der Waals surface area contributed by atoms with Crippen LogP contribution in [0, 0.1) is 0 Å². The number of carbonyl (C=O) groups excluding carboxylic acids is 1. The fraction of sp³-hybridized carbons (Fsp3) is 0.538. The number of carbonyl (C=O) groups is 1. The zero-order valence-electron chi connectivity index (χ0n) is 12.2. The Morgan fingerprint density at radius 3 is 2.59 bits per heavy atom. The van der Waals surface area contributed by atoms with Crippen LogP contribution in [0.5, 0.6) is 0 Å². The second-order valence-electron chi connectivity index (χ2n) is 5.62. The number of ether oxygens (including phenoxy) is 2. The Hall–Kier alpha value is -2.26. The lowest BCUT2D eigenvalue weighted by Gasteiger charge is -2.25. The molecule has 22 heavy (non-hydrogen) atoms. The molecule has 2 aliphatic heterocycles. The highest BCUT2D eigenvalue weighted by atomic mass is 16.6. The van der Waals surface area contributed by atoms with E-state index < -0.39 is 35.8 Å². The molecular formula is C13H14N4O5. The molecule has 0 amide bonds. The Bertz CT molecular complexity index is 919. The van der Waals surface area contributed by atoms with Crippen molar-refractivity contribution < 1.29 is 14.3 Å². The van der Waals surface area contributed by atoms with Gasteiger partial charge in [0.1, 0.15) is 18.3 Å². The van der Waals surface area contributed by atoms with Crippen LogP contribution in [0.1, 0.15) is 13.2 Å². The number of hydrogen-bond acceptors (Lipinski definition) is 6. The first-order chi connectivity index (χ1) is 10.4. The van der Waals surface area contributed by atoms with Gasteiger partial charge in [0.05, 0.1) is 6.33 Å². The number of imidazole rings is 1. The zero-order chi connectivity index (χ0) is 15.8. The third-order valence-electron chi connectivity index (χ3n) is 4.28. The Labute approximate surface area is 123 Å². The second-order valence-corrected chi connectivity index (χ2v) is 5.62. The van der Waals surface area contributed by atoms with E-state index in [4.69, 9.17) is 9.47 Å². The van der Waals surface area contributed by atoms with Crippen molar-refractivity contribution in [1.82, 2.24) is 18.7 Å². The number of aryl methyl sites for hydroxylation is 1. The lowest BCUT2D eigenvalue weighted by Crippen LogP contribution is -2.40. The molecule has 2 unspecified atom stereocenters. The zero-order valence-corrected chi connectivity index (χ0v) is 12.2. The Balaban J connectivity index is 1.93. The maximum atomic E-state index is 12.4. The third-order valence-corrected chi connectivity index (χ3v) is 4.28. The number of nitrogens with zero attached hydrogens (tertiary/aromatic N) is 4. The molecule has 2 aromatic rings. The van der Waals surface area contributed by atoms with E-state index in [2.05, 4.69) is 4.98 Å². The summed E-state index contributed by atoms with van der Waals surface area (Å²) in [6, 6.07) is 0. The van der Waals surface area contributed by atoms with Gasteiger partial charge < -0.3 is 9.47 Å². The minimum Gasteiger partial charge on any atom is -0.356 e. The number of Topliss-reactive ketones (excluding diaryl/α,β-unsaturated/α-hetero) is 1. The molecule has 0 aliphatic carbocycles. The fourth-order valence-electron chi connectivity index (χ4n) is 2.94. The van der Waals surface area contributed by atoms with Gasteiger partial charge in [-0.25, -0.2) is 9.78 Å². The molecule has 4 atom stereocenters. The van der Waals surface area contributed by atoms with E-state index in [1.165, 1.54) is 17.9 Å². The van der Waals surface area contributed by atoms with Gasteiger partial charge >= 0.3 is 5.69 Å². The van der Waals surface area contributed by atoms with E-state index in [0.29, 0.717) is 0 Å². The Morgan fingerprint density at radius 1 is 1.14 bits per heavy atom. The van der Waals surface area contributed by atoms with Crippen LogP contribution in [0.2, 0.25) is 0 Å². The molecule has 4 rings (SSSR count). The molecule has 0 saturated carbocycles. The van der Waals surface area contributed by atoms with E-state index in [1.807, 2.05) is 0 Å². The molecule has 2 saturated heterocycles. The maximum absolute atomic E-state index is 12.4. The van der Waals surface area contributed by atoms with Crippen molar-refractivity contribution in [3.8, 4) is 0 Å². The summed E-state index contributed by atoms with van der Waals surface area (Å²) in [5.74, 6) is -0.0917. The number of epoxide rings is 1. The van der Waals surface area contributed by atoms with Gasteiger partial charge in [0.15, 0.2) is 23.2 Å². The molecule has 2 aromatic heterocycles. The van der Waals surface area contributed by atoms with Crippen LogP contribution in [0.25, 0.3) is 11.2 Å². The van der Waals surface area contributed by atoms with Crippen molar-refractivity contribution in [3.63, 3.8) is 0 Å². The van der Waals surface area contributed by atoms with Crippen LogP contribution >= 0.6 is 0 Å². The number of ketones is 1. The highest BCUT2D eigenvalue weighted by molar-refractivity contribution is 5.90. The van der Waals surface area contributed by atoms with E-state index in [9.17, 15) is 14.4 Å². The first-order valence-electron chi connectivity index (χ1n) is 6.89. The summed E-state index contributed by atoms with van der Waals surface area (Å²) in [5.41, 5.74) is -0.374. The van der Waals surface area contributed by atoms with Crippen LogP contribution in [-0.2, 0) is 28.4 Å². The minimum absolute atomic E-state index is 0.0917. The molecule has 9 nitrogen and oxygen atoms in total. The summed E-state index contributed by atoms with van der Waals surface area (Å²) in [6.45, 7) is 1.65. The number of hydrogen-bond donors (Lipinski definition) is 0. The average molecular weight is 306 g/mol. The van der Waals surface area contributed by atoms with E-state index in [1.54, 1.807) is 18.5 Å². The highest BCUT2D eigenvalue weighted by Gasteiger charge is 2.57. The summed E-state index contributed by atoms with van der Waals surface area (Å²) < 4.78 is 14.9. The first kappa shape index (κ1) is 13.4. The van der Waals surface area contributed by atoms with Crippen molar-refractivity contribution in [1.29, 1.82) is 0 Å². The minimum atomic E-state index is -0.609. The molecule has 2 fully saturated rings. The largest absolute Gasteiger partial charge is 0.356 e. The smallest absolute Gasteiger partial charge is 0.332 e. The summed E-state index contributed by atoms with van der Waals surface area (Å²) in [5, 5.41) is 0. The number of aromatic nitrogens is 4. The quantitative estimate of drug-likeness (QED) is 0.606. The summed E-state index contributed by atoms with van der Waals surface area (Å²) >= 11 is 0. The average Bonchev–Trinajstić information content (AvgIpc) is 3.18. The Morgan fingerprint density at radius 2 is 1.86 bits per heavy atom. The summed E-state index contributed by atoms with van der Waals surface area (Å²) in [4.78, 5) is 40.3. The van der Waals surface area contributed by atoms with Gasteiger partial charge in [-0.3, -0.25) is 23.3 Å². The first-order valence-corrected chi connectivity index (χ1v) is 6.89. The molecule has 0 radical (unpaired) electrons. The van der Waals surface area contributed by atoms with E-state index in [-0.39, 0.29) is 16.9 Å². The van der Waals surface area contributed by atoms with Crippen LogP contribution in [-0.4, -0.2) is 42.8 Å². The predicted octanol–water partition coefficient (Wildman–Crippen LogP) is -1.31. The van der Waals surface area contributed by atoms with Gasteiger partial charge in [0.25, 0.3) is 5.56 Å². The normalized spacial score (nSPS) is 30.6. The molecular weight excluding hydrogens is 292 g/mol. The third kappa shape index (κ3) is 1.54. The molecule has 9 heteroatoms. The monoisotopic (exact) mass is 306 g/mol. The van der Waals surface area contributed by atoms with Gasteiger partial charge in [0.2, 0.25) is 0 Å². The van der Waals surface area contributed by atoms with Crippen molar-refractivity contribution in [2.75, 3.05) is 0 Å². The molecule has 116 valence electrons. The maximum Gasteiger partial charge on any atom is 0.332 e. The van der Waals surface area contributed by atoms with Gasteiger partial charge in [-0.1, -0.05) is 0 Å². The lowest BCUT2D eigenvalue weighted by molar-refractivity contribution is -0.142. The van der Waals surface area contributed by atoms with Crippen molar-refractivity contribution in [2.45, 2.75) is 31.5 Å². The van der Waals surface area contributed by atoms with Crippen LogP contribution in [0.15, 0.2) is 15.9 Å². The number of fused-ring (bicyclic) bond motifs is 2. The molecule has 2 aliphatic rings. The predicted molar refractivity (Wildman–Crippen MR) is 73.5 cm³/mol. The van der Waals surface area contributed by atoms with Gasteiger partial charge in [-0.2, -0.15) is 0 Å². The van der Waals surface area contributed by atoms with Crippen molar-refractivity contribution in [3.05, 3.63) is 27.2 Å². The molecule has 4 heterocycles. The van der Waals surface area contributed by atoms with Gasteiger partial charge in [0, 0.05) is 14.1 Å². The SMILES string of the molecule is C[C@@H]1O[C@H](n2cnc3c2c(=O)n(C)c(=O)n3C)C2OC2C1=O. The topological polar surface area (TPSA) is 101 Å². The van der Waals surface area contributed by atoms with Crippen LogP contribution in [0.3, 0.4) is 0 Å². The number of rotatable bonds is 1. The molecule has 0 N–H and O–H groups in total. The Kier molecular flexibility index (Phi) is 2.52. The second kappa shape index (κ2) is 4.14. The lowest BCUT2D eigenvalue weighted by atomic mass is 10.1. The summed E-state index contributed by atoms with van der Waals surface area (Å²) in [6.07, 6.45) is -0.668. The van der Waals surface area contributed by atoms with Crippen LogP contribution < -0.4 is 11.2 Å². The van der Waals surface area contributed by atoms with Crippen molar-refractivity contribution in [2.24, 2.45) is 14.1 Å². The fourth-order valence-corrected chi connectivity index (χ4v) is 2.94. The summed E-state index contributed by atoms with van der Waals surface area (Å²) in [7, 11) is 2.96.